The molecule has 0 unspecified atom stereocenters. The van der Waals surface area contributed by atoms with E-state index >= 15 is 0 Å². The molecule has 1 aliphatic rings. The Bertz CT molecular complexity index is 857. The summed E-state index contributed by atoms with van der Waals surface area (Å²) < 4.78 is 5.61. The van der Waals surface area contributed by atoms with Gasteiger partial charge >= 0.3 is 11.8 Å². The van der Waals surface area contributed by atoms with Crippen molar-refractivity contribution in [1.29, 1.82) is 0 Å². The molecule has 1 aliphatic heterocycles. The highest BCUT2D eigenvalue weighted by Crippen LogP contribution is 2.22. The van der Waals surface area contributed by atoms with Crippen LogP contribution in [-0.4, -0.2) is 42.6 Å². The van der Waals surface area contributed by atoms with Gasteiger partial charge in [-0.05, 0) is 76.2 Å². The Balaban J connectivity index is 1.39. The zero-order valence-electron chi connectivity index (χ0n) is 17.3. The smallest absolute Gasteiger partial charge is 0.313 e. The van der Waals surface area contributed by atoms with E-state index < -0.39 is 11.8 Å². The summed E-state index contributed by atoms with van der Waals surface area (Å²) in [5, 5.41) is 5.45. The lowest BCUT2D eigenvalue weighted by Gasteiger charge is -2.31. The fraction of sp³-hybridized carbons (Fsp3) is 0.455. The van der Waals surface area contributed by atoms with Crippen LogP contribution in [0.15, 0.2) is 39.6 Å². The van der Waals surface area contributed by atoms with Crippen LogP contribution in [0.4, 0.5) is 5.69 Å². The van der Waals surface area contributed by atoms with Gasteiger partial charge in [-0.3, -0.25) is 14.5 Å². The zero-order valence-corrected chi connectivity index (χ0v) is 18.1. The Kier molecular flexibility index (Phi) is 7.39. The number of piperidine rings is 1. The SMILES string of the molecule is CSc1cccc(NC(=O)C(=O)NCC2CCN(Cc3cc(C)oc3C)CC2)c1. The standard InChI is InChI=1S/C22H29N3O3S/c1-15-11-18(16(2)28-15)14-25-9-7-17(8-10-25)13-23-21(26)22(27)24-19-5-4-6-20(12-19)29-3/h4-6,11-12,17H,7-10,13-14H2,1-3H3,(H,23,26)(H,24,27). The molecule has 0 spiro atoms. The summed E-state index contributed by atoms with van der Waals surface area (Å²) >= 11 is 1.59. The van der Waals surface area contributed by atoms with Gasteiger partial charge in [0.05, 0.1) is 0 Å². The van der Waals surface area contributed by atoms with Gasteiger partial charge in [-0.15, -0.1) is 11.8 Å². The molecule has 0 aliphatic carbocycles. The van der Waals surface area contributed by atoms with Crippen LogP contribution in [0.25, 0.3) is 0 Å². The van der Waals surface area contributed by atoms with E-state index in [9.17, 15) is 9.59 Å². The van der Waals surface area contributed by atoms with Crippen molar-refractivity contribution in [3.63, 3.8) is 0 Å². The maximum Gasteiger partial charge on any atom is 0.313 e. The molecular weight excluding hydrogens is 386 g/mol. The quantitative estimate of drug-likeness (QED) is 0.557. The third kappa shape index (κ3) is 6.11. The van der Waals surface area contributed by atoms with Crippen molar-refractivity contribution in [3.8, 4) is 0 Å². The summed E-state index contributed by atoms with van der Waals surface area (Å²) in [6.07, 6.45) is 3.98. The minimum absolute atomic E-state index is 0.398. The number of carbonyl (C=O) groups is 2. The van der Waals surface area contributed by atoms with Crippen molar-refractivity contribution >= 4 is 29.3 Å². The second-order valence-electron chi connectivity index (χ2n) is 7.55. The first-order chi connectivity index (χ1) is 13.9. The molecule has 0 bridgehead atoms. The van der Waals surface area contributed by atoms with Crippen LogP contribution >= 0.6 is 11.8 Å². The number of nitrogens with zero attached hydrogens (tertiary/aromatic N) is 1. The molecule has 1 saturated heterocycles. The Labute approximate surface area is 176 Å². The maximum absolute atomic E-state index is 12.1. The molecule has 3 rings (SSSR count). The van der Waals surface area contributed by atoms with Crippen molar-refractivity contribution in [2.75, 3.05) is 31.2 Å². The molecule has 7 heteroatoms. The average molecular weight is 416 g/mol. The third-order valence-electron chi connectivity index (χ3n) is 5.33. The van der Waals surface area contributed by atoms with E-state index in [1.165, 1.54) is 5.56 Å². The molecule has 1 fully saturated rings. The largest absolute Gasteiger partial charge is 0.466 e. The second kappa shape index (κ2) is 9.98. The van der Waals surface area contributed by atoms with Crippen LogP contribution in [0.1, 0.15) is 29.9 Å². The highest BCUT2D eigenvalue weighted by molar-refractivity contribution is 7.98. The first kappa shape index (κ1) is 21.5. The molecule has 2 heterocycles. The van der Waals surface area contributed by atoms with Gasteiger partial charge in [0.2, 0.25) is 0 Å². The van der Waals surface area contributed by atoms with Crippen molar-refractivity contribution in [1.82, 2.24) is 10.2 Å². The number of carbonyl (C=O) groups excluding carboxylic acids is 2. The van der Waals surface area contributed by atoms with E-state index in [1.807, 2.05) is 38.3 Å². The predicted octanol–water partition coefficient (Wildman–Crippen LogP) is 3.59. The first-order valence-corrected chi connectivity index (χ1v) is 11.2. The Morgan fingerprint density at radius 1 is 1.17 bits per heavy atom. The summed E-state index contributed by atoms with van der Waals surface area (Å²) in [6.45, 7) is 7.39. The van der Waals surface area contributed by atoms with Gasteiger partial charge < -0.3 is 15.1 Å². The van der Waals surface area contributed by atoms with Crippen LogP contribution in [0.3, 0.4) is 0 Å². The second-order valence-corrected chi connectivity index (χ2v) is 8.43. The highest BCUT2D eigenvalue weighted by atomic mass is 32.2. The van der Waals surface area contributed by atoms with E-state index in [2.05, 4.69) is 21.6 Å². The van der Waals surface area contributed by atoms with Crippen LogP contribution in [0.5, 0.6) is 0 Å². The molecule has 2 aromatic rings. The fourth-order valence-electron chi connectivity index (χ4n) is 3.64. The topological polar surface area (TPSA) is 74.6 Å². The number of benzene rings is 1. The Hall–Kier alpha value is -2.25. The van der Waals surface area contributed by atoms with Crippen molar-refractivity contribution < 1.29 is 14.0 Å². The monoisotopic (exact) mass is 415 g/mol. The van der Waals surface area contributed by atoms with Gasteiger partial charge in [-0.1, -0.05) is 6.07 Å². The third-order valence-corrected chi connectivity index (χ3v) is 6.06. The molecule has 6 nitrogen and oxygen atoms in total. The van der Waals surface area contributed by atoms with Crippen LogP contribution in [0, 0.1) is 19.8 Å². The number of likely N-dealkylation sites (tertiary alicyclic amines) is 1. The summed E-state index contributed by atoms with van der Waals surface area (Å²) in [7, 11) is 0. The Morgan fingerprint density at radius 3 is 2.59 bits per heavy atom. The van der Waals surface area contributed by atoms with Gasteiger partial charge in [0.25, 0.3) is 0 Å². The molecular formula is C22H29N3O3S. The van der Waals surface area contributed by atoms with E-state index in [1.54, 1.807) is 17.8 Å². The number of furan rings is 1. The number of hydrogen-bond donors (Lipinski definition) is 2. The number of nitrogens with one attached hydrogen (secondary N) is 2. The maximum atomic E-state index is 12.1. The molecule has 0 saturated carbocycles. The van der Waals surface area contributed by atoms with E-state index in [0.29, 0.717) is 18.2 Å². The molecule has 156 valence electrons. The normalized spacial score (nSPS) is 15.3. The van der Waals surface area contributed by atoms with Gasteiger partial charge in [0.15, 0.2) is 0 Å². The number of hydrogen-bond acceptors (Lipinski definition) is 5. The van der Waals surface area contributed by atoms with E-state index in [-0.39, 0.29) is 0 Å². The molecule has 0 atom stereocenters. The van der Waals surface area contributed by atoms with E-state index in [0.717, 1.165) is 48.9 Å². The number of anilines is 1. The molecule has 0 radical (unpaired) electrons. The van der Waals surface area contributed by atoms with Crippen LogP contribution < -0.4 is 10.6 Å². The van der Waals surface area contributed by atoms with Crippen molar-refractivity contribution in [2.24, 2.45) is 5.92 Å². The average Bonchev–Trinajstić information content (AvgIpc) is 3.04. The zero-order chi connectivity index (χ0) is 20.8. The molecule has 1 aromatic heterocycles. The molecule has 29 heavy (non-hydrogen) atoms. The van der Waals surface area contributed by atoms with Crippen molar-refractivity contribution in [2.45, 2.75) is 38.1 Å². The summed E-state index contributed by atoms with van der Waals surface area (Å²) in [5.74, 6) is 1.15. The predicted molar refractivity (Wildman–Crippen MR) is 116 cm³/mol. The highest BCUT2D eigenvalue weighted by Gasteiger charge is 2.22. The van der Waals surface area contributed by atoms with Crippen LogP contribution in [0.2, 0.25) is 0 Å². The van der Waals surface area contributed by atoms with Gasteiger partial charge in [0, 0.05) is 29.2 Å². The van der Waals surface area contributed by atoms with Crippen LogP contribution in [-0.2, 0) is 16.1 Å². The van der Waals surface area contributed by atoms with Gasteiger partial charge in [-0.25, -0.2) is 0 Å². The molecule has 2 amide bonds. The van der Waals surface area contributed by atoms with Gasteiger partial charge in [0.1, 0.15) is 11.5 Å². The number of aryl methyl sites for hydroxylation is 2. The lowest BCUT2D eigenvalue weighted by Crippen LogP contribution is -2.41. The first-order valence-electron chi connectivity index (χ1n) is 9.96. The molecule has 1 aromatic carbocycles. The fourth-order valence-corrected chi connectivity index (χ4v) is 4.10. The van der Waals surface area contributed by atoms with Gasteiger partial charge in [-0.2, -0.15) is 0 Å². The Morgan fingerprint density at radius 2 is 1.93 bits per heavy atom. The summed E-state index contributed by atoms with van der Waals surface area (Å²) in [4.78, 5) is 27.7. The minimum Gasteiger partial charge on any atom is -0.466 e. The number of thioether (sulfide) groups is 1. The number of amides is 2. The lowest BCUT2D eigenvalue weighted by molar-refractivity contribution is -0.136. The number of rotatable bonds is 6. The minimum atomic E-state index is -0.619. The summed E-state index contributed by atoms with van der Waals surface area (Å²) in [6, 6.07) is 9.56. The van der Waals surface area contributed by atoms with Crippen molar-refractivity contribution in [3.05, 3.63) is 47.4 Å². The molecule has 2 N–H and O–H groups in total. The lowest BCUT2D eigenvalue weighted by atomic mass is 9.96. The summed E-state index contributed by atoms with van der Waals surface area (Å²) in [5.41, 5.74) is 1.88. The van der Waals surface area contributed by atoms with E-state index in [4.69, 9.17) is 4.42 Å².